The highest BCUT2D eigenvalue weighted by Crippen LogP contribution is 2.39. The number of para-hydroxylation sites is 1. The third-order valence-electron chi connectivity index (χ3n) is 6.24. The molecule has 0 spiro atoms. The minimum atomic E-state index is -0.530. The standard InChI is InChI=1S/C26H27NO5/c1-2-3-13-30-18-9-6-8-17(15-18)23-22-24(28)20-11-4-5-12-21(20)32-25(22)26(29)27(23)16-19-10-7-14-31-19/h4-6,8-9,11-12,15,19,23H,2-3,7,10,13-14,16H2,1H3. The Kier molecular flexibility index (Phi) is 5.70. The van der Waals surface area contributed by atoms with E-state index < -0.39 is 6.04 Å². The number of carbonyl (C=O) groups excluding carboxylic acids is 1. The molecule has 1 fully saturated rings. The summed E-state index contributed by atoms with van der Waals surface area (Å²) in [7, 11) is 0. The molecule has 32 heavy (non-hydrogen) atoms. The van der Waals surface area contributed by atoms with Crippen molar-refractivity contribution < 1.29 is 18.7 Å². The molecule has 0 saturated carbocycles. The van der Waals surface area contributed by atoms with E-state index in [0.29, 0.717) is 36.3 Å². The molecule has 0 radical (unpaired) electrons. The van der Waals surface area contributed by atoms with Crippen molar-refractivity contribution in [3.8, 4) is 5.75 Å². The van der Waals surface area contributed by atoms with Crippen molar-refractivity contribution in [1.82, 2.24) is 4.90 Å². The summed E-state index contributed by atoms with van der Waals surface area (Å²) in [4.78, 5) is 28.7. The number of unbranched alkanes of at least 4 members (excludes halogenated alkanes) is 1. The van der Waals surface area contributed by atoms with Crippen LogP contribution in [0.4, 0.5) is 0 Å². The number of hydrogen-bond acceptors (Lipinski definition) is 5. The second-order valence-corrected chi connectivity index (χ2v) is 8.44. The molecule has 0 bridgehead atoms. The molecule has 2 atom stereocenters. The van der Waals surface area contributed by atoms with Gasteiger partial charge < -0.3 is 18.8 Å². The molecule has 3 aromatic rings. The zero-order valence-electron chi connectivity index (χ0n) is 18.2. The van der Waals surface area contributed by atoms with Gasteiger partial charge in [-0.1, -0.05) is 37.6 Å². The van der Waals surface area contributed by atoms with E-state index in [-0.39, 0.29) is 23.2 Å². The van der Waals surface area contributed by atoms with Crippen molar-refractivity contribution in [3.63, 3.8) is 0 Å². The topological polar surface area (TPSA) is 69.0 Å². The second kappa shape index (κ2) is 8.79. The van der Waals surface area contributed by atoms with Gasteiger partial charge in [0.15, 0.2) is 5.43 Å². The summed E-state index contributed by atoms with van der Waals surface area (Å²) < 4.78 is 17.7. The SMILES string of the molecule is CCCCOc1cccc(C2c3c(oc4ccccc4c3=O)C(=O)N2CC2CCCO2)c1. The lowest BCUT2D eigenvalue weighted by Crippen LogP contribution is -2.36. The van der Waals surface area contributed by atoms with E-state index >= 15 is 0 Å². The van der Waals surface area contributed by atoms with Gasteiger partial charge in [0.25, 0.3) is 5.91 Å². The van der Waals surface area contributed by atoms with Crippen molar-refractivity contribution in [2.75, 3.05) is 19.8 Å². The number of rotatable bonds is 7. The summed E-state index contributed by atoms with van der Waals surface area (Å²) in [6, 6.07) is 14.2. The van der Waals surface area contributed by atoms with E-state index in [1.807, 2.05) is 30.3 Å². The Morgan fingerprint density at radius 2 is 2.00 bits per heavy atom. The lowest BCUT2D eigenvalue weighted by atomic mass is 9.98. The van der Waals surface area contributed by atoms with Crippen LogP contribution >= 0.6 is 0 Å². The van der Waals surface area contributed by atoms with Gasteiger partial charge in [0, 0.05) is 13.2 Å². The smallest absolute Gasteiger partial charge is 0.291 e. The maximum atomic E-state index is 13.5. The summed E-state index contributed by atoms with van der Waals surface area (Å²) in [5, 5.41) is 0.485. The summed E-state index contributed by atoms with van der Waals surface area (Å²) in [6.45, 7) is 3.87. The Hall–Kier alpha value is -3.12. The van der Waals surface area contributed by atoms with Crippen LogP contribution in [-0.2, 0) is 4.74 Å². The molecule has 166 valence electrons. The molecule has 2 unspecified atom stereocenters. The van der Waals surface area contributed by atoms with Gasteiger partial charge in [-0.3, -0.25) is 9.59 Å². The number of amides is 1. The molecule has 3 heterocycles. The Morgan fingerprint density at radius 1 is 1.12 bits per heavy atom. The van der Waals surface area contributed by atoms with Crippen molar-refractivity contribution in [1.29, 1.82) is 0 Å². The van der Waals surface area contributed by atoms with Gasteiger partial charge in [0.1, 0.15) is 11.3 Å². The van der Waals surface area contributed by atoms with Crippen LogP contribution in [0.2, 0.25) is 0 Å². The minimum Gasteiger partial charge on any atom is -0.494 e. The third-order valence-corrected chi connectivity index (χ3v) is 6.24. The highest BCUT2D eigenvalue weighted by Gasteiger charge is 2.44. The number of hydrogen-bond donors (Lipinski definition) is 0. The number of benzene rings is 2. The number of fused-ring (bicyclic) bond motifs is 2. The Balaban J connectivity index is 1.61. The molecule has 1 amide bonds. The minimum absolute atomic E-state index is 0.0377. The largest absolute Gasteiger partial charge is 0.494 e. The Morgan fingerprint density at radius 3 is 2.81 bits per heavy atom. The zero-order valence-corrected chi connectivity index (χ0v) is 18.2. The molecule has 5 rings (SSSR count). The molecule has 0 aliphatic carbocycles. The van der Waals surface area contributed by atoms with Crippen molar-refractivity contribution in [3.05, 3.63) is 75.6 Å². The van der Waals surface area contributed by atoms with E-state index in [0.717, 1.165) is 37.0 Å². The normalized spacial score (nSPS) is 20.2. The average molecular weight is 434 g/mol. The molecule has 2 aliphatic rings. The first-order chi connectivity index (χ1) is 15.7. The maximum absolute atomic E-state index is 13.5. The first-order valence-corrected chi connectivity index (χ1v) is 11.4. The van der Waals surface area contributed by atoms with Crippen molar-refractivity contribution in [2.24, 2.45) is 0 Å². The van der Waals surface area contributed by atoms with Crippen LogP contribution in [0.25, 0.3) is 11.0 Å². The molecule has 2 aliphatic heterocycles. The highest BCUT2D eigenvalue weighted by molar-refractivity contribution is 5.99. The van der Waals surface area contributed by atoms with E-state index in [1.54, 1.807) is 23.1 Å². The molecule has 1 saturated heterocycles. The summed E-state index contributed by atoms with van der Waals surface area (Å²) >= 11 is 0. The van der Waals surface area contributed by atoms with E-state index in [1.165, 1.54) is 0 Å². The van der Waals surface area contributed by atoms with E-state index in [9.17, 15) is 9.59 Å². The third kappa shape index (κ3) is 3.69. The lowest BCUT2D eigenvalue weighted by Gasteiger charge is -2.27. The molecule has 6 heteroatoms. The van der Waals surface area contributed by atoms with Crippen LogP contribution in [0, 0.1) is 0 Å². The predicted octanol–water partition coefficient (Wildman–Crippen LogP) is 4.70. The van der Waals surface area contributed by atoms with Crippen molar-refractivity contribution >= 4 is 16.9 Å². The summed E-state index contributed by atoms with van der Waals surface area (Å²) in [6.07, 6.45) is 3.86. The lowest BCUT2D eigenvalue weighted by molar-refractivity contribution is 0.0486. The highest BCUT2D eigenvalue weighted by atomic mass is 16.5. The molecule has 1 aromatic heterocycles. The van der Waals surface area contributed by atoms with Gasteiger partial charge in [-0.15, -0.1) is 0 Å². The van der Waals surface area contributed by atoms with Crippen LogP contribution < -0.4 is 10.2 Å². The maximum Gasteiger partial charge on any atom is 0.291 e. The molecule has 0 N–H and O–H groups in total. The van der Waals surface area contributed by atoms with Crippen LogP contribution in [0.5, 0.6) is 5.75 Å². The van der Waals surface area contributed by atoms with Gasteiger partial charge in [-0.25, -0.2) is 0 Å². The first-order valence-electron chi connectivity index (χ1n) is 11.4. The van der Waals surface area contributed by atoms with Crippen LogP contribution in [0.3, 0.4) is 0 Å². The quantitative estimate of drug-likeness (QED) is 0.506. The fourth-order valence-corrected chi connectivity index (χ4v) is 4.62. The predicted molar refractivity (Wildman–Crippen MR) is 121 cm³/mol. The summed E-state index contributed by atoms with van der Waals surface area (Å²) in [5.41, 5.74) is 1.51. The van der Waals surface area contributed by atoms with Crippen LogP contribution in [0.15, 0.2) is 57.7 Å². The average Bonchev–Trinajstić information content (AvgIpc) is 3.42. The fourth-order valence-electron chi connectivity index (χ4n) is 4.62. The van der Waals surface area contributed by atoms with Crippen molar-refractivity contribution in [2.45, 2.75) is 44.8 Å². The van der Waals surface area contributed by atoms with Crippen LogP contribution in [0.1, 0.15) is 60.3 Å². The Bertz CT molecular complexity index is 1190. The van der Waals surface area contributed by atoms with E-state index in [4.69, 9.17) is 13.9 Å². The zero-order chi connectivity index (χ0) is 22.1. The molecule has 2 aromatic carbocycles. The first kappa shape index (κ1) is 20.8. The fraction of sp³-hybridized carbons (Fsp3) is 0.385. The summed E-state index contributed by atoms with van der Waals surface area (Å²) in [5.74, 6) is 0.605. The van der Waals surface area contributed by atoms with Gasteiger partial charge in [0.05, 0.1) is 29.7 Å². The second-order valence-electron chi connectivity index (χ2n) is 8.44. The van der Waals surface area contributed by atoms with E-state index in [2.05, 4.69) is 6.92 Å². The molecule has 6 nitrogen and oxygen atoms in total. The molecular formula is C26H27NO5. The van der Waals surface area contributed by atoms with Gasteiger partial charge in [-0.2, -0.15) is 0 Å². The number of ether oxygens (including phenoxy) is 2. The van der Waals surface area contributed by atoms with Gasteiger partial charge in [-0.05, 0) is 49.1 Å². The Labute approximate surface area is 186 Å². The van der Waals surface area contributed by atoms with Gasteiger partial charge in [0.2, 0.25) is 5.76 Å². The van der Waals surface area contributed by atoms with Gasteiger partial charge >= 0.3 is 0 Å². The number of nitrogens with zero attached hydrogens (tertiary/aromatic N) is 1. The number of carbonyl (C=O) groups is 1. The van der Waals surface area contributed by atoms with Crippen LogP contribution in [-0.4, -0.2) is 36.7 Å². The molecular weight excluding hydrogens is 406 g/mol. The monoisotopic (exact) mass is 433 g/mol.